The number of carbonyl (C=O) groups is 1. The Labute approximate surface area is 165 Å². The van der Waals surface area contributed by atoms with Gasteiger partial charge in [0.15, 0.2) is 11.5 Å². The predicted molar refractivity (Wildman–Crippen MR) is 106 cm³/mol. The van der Waals surface area contributed by atoms with Crippen molar-refractivity contribution < 1.29 is 14.3 Å². The smallest absolute Gasteiger partial charge is 0.226 e. The van der Waals surface area contributed by atoms with Gasteiger partial charge in [-0.3, -0.25) is 4.79 Å². The summed E-state index contributed by atoms with van der Waals surface area (Å²) >= 11 is 3.44. The number of fused-ring (bicyclic) bond motifs is 1. The Balaban J connectivity index is 1.78. The lowest BCUT2D eigenvalue weighted by Crippen LogP contribution is -2.24. The number of nitrogens with zero attached hydrogens (tertiary/aromatic N) is 2. The zero-order valence-electron chi connectivity index (χ0n) is 14.9. The van der Waals surface area contributed by atoms with E-state index in [1.807, 2.05) is 48.7 Å². The van der Waals surface area contributed by atoms with Crippen LogP contribution in [0.5, 0.6) is 11.5 Å². The topological polar surface area (TPSA) is 65.4 Å². The lowest BCUT2D eigenvalue weighted by Gasteiger charge is -2.24. The van der Waals surface area contributed by atoms with Crippen LogP contribution < -0.4 is 14.8 Å². The number of rotatable bonds is 4. The second-order valence-corrected chi connectivity index (χ2v) is 7.17. The van der Waals surface area contributed by atoms with Crippen molar-refractivity contribution >= 4 is 27.7 Å². The minimum absolute atomic E-state index is 0.0406. The summed E-state index contributed by atoms with van der Waals surface area (Å²) in [6.07, 6.45) is 2.17. The van der Waals surface area contributed by atoms with Gasteiger partial charge in [0.1, 0.15) is 5.82 Å². The van der Waals surface area contributed by atoms with Gasteiger partial charge in [-0.1, -0.05) is 22.0 Å². The number of halogens is 1. The Morgan fingerprint density at radius 3 is 2.56 bits per heavy atom. The van der Waals surface area contributed by atoms with E-state index in [1.165, 1.54) is 0 Å². The fourth-order valence-electron chi connectivity index (χ4n) is 3.36. The van der Waals surface area contributed by atoms with Crippen LogP contribution in [0.1, 0.15) is 23.5 Å². The van der Waals surface area contributed by atoms with Crippen LogP contribution >= 0.6 is 15.9 Å². The minimum Gasteiger partial charge on any atom is -0.493 e. The number of nitrogens with one attached hydrogen (secondary N) is 1. The van der Waals surface area contributed by atoms with Crippen molar-refractivity contribution in [2.24, 2.45) is 0 Å². The fraction of sp³-hybridized carbons (Fsp3) is 0.200. The van der Waals surface area contributed by atoms with E-state index in [1.54, 1.807) is 18.9 Å². The molecule has 27 heavy (non-hydrogen) atoms. The molecular formula is C20H18BrN3O3. The van der Waals surface area contributed by atoms with E-state index < -0.39 is 0 Å². The standard InChI is InChI=1S/C20H18BrN3O3/c1-26-17-8-3-12(9-18(17)27-2)15-10-19(25)23-20-16(15)11-22-24(20)14-6-4-13(21)5-7-14/h3-9,11,15H,10H2,1-2H3,(H,23,25)/t15-/m1/s1. The number of methoxy groups -OCH3 is 2. The van der Waals surface area contributed by atoms with Crippen LogP contribution in [0.3, 0.4) is 0 Å². The molecule has 0 saturated carbocycles. The molecule has 0 fully saturated rings. The SMILES string of the molecule is COc1ccc([C@H]2CC(=O)Nc3c2cnn3-c2ccc(Br)cc2)cc1OC. The summed E-state index contributed by atoms with van der Waals surface area (Å²) in [5.74, 6) is 1.86. The van der Waals surface area contributed by atoms with Crippen LogP contribution in [0.25, 0.3) is 5.69 Å². The molecule has 4 rings (SSSR count). The Bertz CT molecular complexity index is 998. The molecule has 0 bridgehead atoms. The van der Waals surface area contributed by atoms with Gasteiger partial charge in [0.25, 0.3) is 0 Å². The van der Waals surface area contributed by atoms with E-state index in [0.717, 1.165) is 21.3 Å². The summed E-state index contributed by atoms with van der Waals surface area (Å²) in [6.45, 7) is 0. The first kappa shape index (κ1) is 17.6. The van der Waals surface area contributed by atoms with Gasteiger partial charge in [0.2, 0.25) is 5.91 Å². The van der Waals surface area contributed by atoms with E-state index in [9.17, 15) is 4.79 Å². The van der Waals surface area contributed by atoms with Crippen LogP contribution in [0.2, 0.25) is 0 Å². The summed E-state index contributed by atoms with van der Waals surface area (Å²) in [5, 5.41) is 7.48. The van der Waals surface area contributed by atoms with Crippen LogP contribution in [-0.2, 0) is 4.79 Å². The number of hydrogen-bond donors (Lipinski definition) is 1. The molecule has 0 aliphatic carbocycles. The minimum atomic E-state index is -0.0993. The molecule has 138 valence electrons. The third kappa shape index (κ3) is 3.19. The summed E-state index contributed by atoms with van der Waals surface area (Å²) in [6, 6.07) is 13.5. The van der Waals surface area contributed by atoms with E-state index >= 15 is 0 Å². The first-order valence-electron chi connectivity index (χ1n) is 8.46. The van der Waals surface area contributed by atoms with Crippen molar-refractivity contribution in [1.82, 2.24) is 9.78 Å². The van der Waals surface area contributed by atoms with Gasteiger partial charge in [-0.05, 0) is 42.0 Å². The molecule has 1 N–H and O–H groups in total. The lowest BCUT2D eigenvalue weighted by atomic mass is 9.87. The monoisotopic (exact) mass is 427 g/mol. The molecule has 6 nitrogen and oxygen atoms in total. The van der Waals surface area contributed by atoms with Gasteiger partial charge in [0.05, 0.1) is 26.1 Å². The van der Waals surface area contributed by atoms with Gasteiger partial charge >= 0.3 is 0 Å². The van der Waals surface area contributed by atoms with Crippen LogP contribution in [0, 0.1) is 0 Å². The number of hydrogen-bond acceptors (Lipinski definition) is 4. The Kier molecular flexibility index (Phi) is 4.61. The molecule has 0 spiro atoms. The van der Waals surface area contributed by atoms with E-state index in [4.69, 9.17) is 9.47 Å². The van der Waals surface area contributed by atoms with Gasteiger partial charge in [-0.25, -0.2) is 4.68 Å². The number of aromatic nitrogens is 2. The summed E-state index contributed by atoms with van der Waals surface area (Å²) in [5.41, 5.74) is 2.84. The van der Waals surface area contributed by atoms with E-state index in [0.29, 0.717) is 23.7 Å². The molecule has 2 heterocycles. The van der Waals surface area contributed by atoms with Gasteiger partial charge in [-0.15, -0.1) is 0 Å². The highest BCUT2D eigenvalue weighted by molar-refractivity contribution is 9.10. The maximum Gasteiger partial charge on any atom is 0.226 e. The molecule has 7 heteroatoms. The van der Waals surface area contributed by atoms with Crippen molar-refractivity contribution in [2.45, 2.75) is 12.3 Å². The summed E-state index contributed by atoms with van der Waals surface area (Å²) in [4.78, 5) is 12.4. The maximum absolute atomic E-state index is 12.4. The zero-order valence-corrected chi connectivity index (χ0v) is 16.5. The quantitative estimate of drug-likeness (QED) is 0.679. The van der Waals surface area contributed by atoms with Gasteiger partial charge < -0.3 is 14.8 Å². The number of amides is 1. The first-order chi connectivity index (χ1) is 13.1. The molecule has 1 atom stereocenters. The highest BCUT2D eigenvalue weighted by Crippen LogP contribution is 2.40. The number of ether oxygens (including phenoxy) is 2. The third-order valence-corrected chi connectivity index (χ3v) is 5.23. The number of anilines is 1. The average Bonchev–Trinajstić information content (AvgIpc) is 3.11. The summed E-state index contributed by atoms with van der Waals surface area (Å²) in [7, 11) is 3.21. The highest BCUT2D eigenvalue weighted by atomic mass is 79.9. The molecule has 0 saturated heterocycles. The molecule has 2 aromatic carbocycles. The highest BCUT2D eigenvalue weighted by Gasteiger charge is 2.31. The molecule has 1 aliphatic rings. The second-order valence-electron chi connectivity index (χ2n) is 6.26. The molecular weight excluding hydrogens is 410 g/mol. The van der Waals surface area contributed by atoms with Gasteiger partial charge in [0, 0.05) is 22.4 Å². The number of benzene rings is 2. The predicted octanol–water partition coefficient (Wildman–Crippen LogP) is 4.13. The fourth-order valence-corrected chi connectivity index (χ4v) is 3.63. The summed E-state index contributed by atoms with van der Waals surface area (Å²) < 4.78 is 13.5. The van der Waals surface area contributed by atoms with Crippen LogP contribution in [0.4, 0.5) is 5.82 Å². The Morgan fingerprint density at radius 1 is 1.11 bits per heavy atom. The van der Waals surface area contributed by atoms with Crippen molar-refractivity contribution in [3.8, 4) is 17.2 Å². The first-order valence-corrected chi connectivity index (χ1v) is 9.25. The normalized spacial score (nSPS) is 15.8. The van der Waals surface area contributed by atoms with Crippen molar-refractivity contribution in [3.05, 3.63) is 64.3 Å². The molecule has 1 aromatic heterocycles. The zero-order chi connectivity index (χ0) is 19.0. The Morgan fingerprint density at radius 2 is 1.85 bits per heavy atom. The maximum atomic E-state index is 12.4. The largest absolute Gasteiger partial charge is 0.493 e. The lowest BCUT2D eigenvalue weighted by molar-refractivity contribution is -0.116. The van der Waals surface area contributed by atoms with Crippen LogP contribution in [-0.4, -0.2) is 29.9 Å². The van der Waals surface area contributed by atoms with Crippen molar-refractivity contribution in [2.75, 3.05) is 19.5 Å². The van der Waals surface area contributed by atoms with Crippen molar-refractivity contribution in [1.29, 1.82) is 0 Å². The van der Waals surface area contributed by atoms with Crippen LogP contribution in [0.15, 0.2) is 53.1 Å². The molecule has 1 amide bonds. The molecule has 3 aromatic rings. The number of carbonyl (C=O) groups excluding carboxylic acids is 1. The molecule has 1 aliphatic heterocycles. The average molecular weight is 428 g/mol. The molecule has 0 unspecified atom stereocenters. The molecule has 0 radical (unpaired) electrons. The Hall–Kier alpha value is -2.80. The van der Waals surface area contributed by atoms with E-state index in [-0.39, 0.29) is 11.8 Å². The second kappa shape index (κ2) is 7.08. The van der Waals surface area contributed by atoms with Crippen molar-refractivity contribution in [3.63, 3.8) is 0 Å². The van der Waals surface area contributed by atoms with E-state index in [2.05, 4.69) is 26.3 Å². The third-order valence-electron chi connectivity index (χ3n) is 4.70. The van der Waals surface area contributed by atoms with Gasteiger partial charge in [-0.2, -0.15) is 5.10 Å².